The molecule has 3 atom stereocenters. The SMILES string of the molecule is C[C@H]1OCCN[C@@H]1C(=O)NCC1(C)CCCO1.Cl. The zero-order valence-electron chi connectivity index (χ0n) is 11.0. The van der Waals surface area contributed by atoms with Crippen LogP contribution in [0, 0.1) is 0 Å². The van der Waals surface area contributed by atoms with E-state index in [4.69, 9.17) is 9.47 Å². The maximum absolute atomic E-state index is 12.0. The zero-order chi connectivity index (χ0) is 12.3. The van der Waals surface area contributed by atoms with Crippen LogP contribution in [0.1, 0.15) is 26.7 Å². The standard InChI is InChI=1S/C12H22N2O3.ClH/c1-9-10(13-5-7-16-9)11(15)14-8-12(2)4-3-6-17-12;/h9-10,13H,3-8H2,1-2H3,(H,14,15);1H/t9-,10+,12?;/m1./s1. The smallest absolute Gasteiger partial charge is 0.239 e. The van der Waals surface area contributed by atoms with E-state index in [0.29, 0.717) is 13.2 Å². The highest BCUT2D eigenvalue weighted by molar-refractivity contribution is 5.85. The van der Waals surface area contributed by atoms with Crippen LogP contribution in [0.4, 0.5) is 0 Å². The van der Waals surface area contributed by atoms with Gasteiger partial charge in [-0.1, -0.05) is 0 Å². The van der Waals surface area contributed by atoms with Gasteiger partial charge in [-0.15, -0.1) is 12.4 Å². The van der Waals surface area contributed by atoms with Gasteiger partial charge in [0.25, 0.3) is 0 Å². The number of halogens is 1. The summed E-state index contributed by atoms with van der Waals surface area (Å²) >= 11 is 0. The lowest BCUT2D eigenvalue weighted by atomic mass is 10.0. The minimum atomic E-state index is -0.242. The molecule has 18 heavy (non-hydrogen) atoms. The number of hydrogen-bond donors (Lipinski definition) is 2. The fraction of sp³-hybridized carbons (Fsp3) is 0.917. The van der Waals surface area contributed by atoms with Gasteiger partial charge in [0.05, 0.1) is 18.3 Å². The molecule has 2 heterocycles. The van der Waals surface area contributed by atoms with Gasteiger partial charge >= 0.3 is 0 Å². The quantitative estimate of drug-likeness (QED) is 0.788. The van der Waals surface area contributed by atoms with Crippen LogP contribution >= 0.6 is 12.4 Å². The molecular weight excluding hydrogens is 256 g/mol. The monoisotopic (exact) mass is 278 g/mol. The Balaban J connectivity index is 0.00000162. The highest BCUT2D eigenvalue weighted by atomic mass is 35.5. The van der Waals surface area contributed by atoms with Crippen LogP contribution in [0.15, 0.2) is 0 Å². The number of nitrogens with one attached hydrogen (secondary N) is 2. The molecule has 1 unspecified atom stereocenters. The fourth-order valence-electron chi connectivity index (χ4n) is 2.39. The van der Waals surface area contributed by atoms with Gasteiger partial charge in [0, 0.05) is 19.7 Å². The molecule has 2 aliphatic rings. The first-order valence-electron chi connectivity index (χ1n) is 6.37. The second-order valence-electron chi connectivity index (χ2n) is 5.13. The number of hydrogen-bond acceptors (Lipinski definition) is 4. The molecular formula is C12H23ClN2O3. The first-order valence-corrected chi connectivity index (χ1v) is 6.37. The lowest BCUT2D eigenvalue weighted by molar-refractivity contribution is -0.130. The number of rotatable bonds is 3. The summed E-state index contributed by atoms with van der Waals surface area (Å²) in [5, 5.41) is 6.14. The van der Waals surface area contributed by atoms with Crippen LogP contribution in [-0.2, 0) is 14.3 Å². The van der Waals surface area contributed by atoms with E-state index in [0.717, 1.165) is 26.0 Å². The number of carbonyl (C=O) groups excluding carboxylic acids is 1. The second kappa shape index (κ2) is 6.70. The Morgan fingerprint density at radius 3 is 2.89 bits per heavy atom. The van der Waals surface area contributed by atoms with Crippen molar-refractivity contribution < 1.29 is 14.3 Å². The molecule has 6 heteroatoms. The molecule has 2 fully saturated rings. The van der Waals surface area contributed by atoms with Crippen molar-refractivity contribution in [3.63, 3.8) is 0 Å². The summed E-state index contributed by atoms with van der Waals surface area (Å²) < 4.78 is 11.1. The van der Waals surface area contributed by atoms with Crippen LogP contribution < -0.4 is 10.6 Å². The van der Waals surface area contributed by atoms with E-state index in [1.54, 1.807) is 0 Å². The summed E-state index contributed by atoms with van der Waals surface area (Å²) in [4.78, 5) is 12.0. The summed E-state index contributed by atoms with van der Waals surface area (Å²) in [6.07, 6.45) is 2.02. The Morgan fingerprint density at radius 2 is 2.28 bits per heavy atom. The molecule has 5 nitrogen and oxygen atoms in total. The van der Waals surface area contributed by atoms with Crippen molar-refractivity contribution in [1.29, 1.82) is 0 Å². The third-order valence-corrected chi connectivity index (χ3v) is 3.54. The first kappa shape index (κ1) is 15.7. The highest BCUT2D eigenvalue weighted by Gasteiger charge is 2.33. The Labute approximate surface area is 114 Å². The number of morpholine rings is 1. The van der Waals surface area contributed by atoms with E-state index in [2.05, 4.69) is 17.6 Å². The van der Waals surface area contributed by atoms with Crippen LogP contribution in [0.3, 0.4) is 0 Å². The van der Waals surface area contributed by atoms with Gasteiger partial charge < -0.3 is 20.1 Å². The van der Waals surface area contributed by atoms with E-state index in [1.807, 2.05) is 6.92 Å². The molecule has 2 N–H and O–H groups in total. The molecule has 0 aromatic rings. The van der Waals surface area contributed by atoms with Gasteiger partial charge in [-0.3, -0.25) is 4.79 Å². The molecule has 0 bridgehead atoms. The normalized spacial score (nSPS) is 35.9. The second-order valence-corrected chi connectivity index (χ2v) is 5.13. The van der Waals surface area contributed by atoms with Crippen molar-refractivity contribution in [2.45, 2.75) is 44.4 Å². The van der Waals surface area contributed by atoms with Crippen LogP contribution in [-0.4, -0.2) is 50.0 Å². The van der Waals surface area contributed by atoms with E-state index in [1.165, 1.54) is 0 Å². The summed E-state index contributed by atoms with van der Waals surface area (Å²) in [6.45, 7) is 6.75. The minimum Gasteiger partial charge on any atom is -0.375 e. The minimum absolute atomic E-state index is 0. The molecule has 0 radical (unpaired) electrons. The average molecular weight is 279 g/mol. The predicted molar refractivity (Wildman–Crippen MR) is 71.1 cm³/mol. The third-order valence-electron chi connectivity index (χ3n) is 3.54. The summed E-state index contributed by atoms with van der Waals surface area (Å²) in [7, 11) is 0. The topological polar surface area (TPSA) is 59.6 Å². The summed E-state index contributed by atoms with van der Waals surface area (Å²) in [5.41, 5.74) is -0.186. The Hall–Kier alpha value is -0.360. The van der Waals surface area contributed by atoms with Crippen LogP contribution in [0.25, 0.3) is 0 Å². The van der Waals surface area contributed by atoms with Crippen LogP contribution in [0.5, 0.6) is 0 Å². The van der Waals surface area contributed by atoms with Gasteiger partial charge in [0.15, 0.2) is 0 Å². The van der Waals surface area contributed by atoms with E-state index < -0.39 is 0 Å². The van der Waals surface area contributed by atoms with Crippen molar-refractivity contribution in [1.82, 2.24) is 10.6 Å². The van der Waals surface area contributed by atoms with Gasteiger partial charge in [-0.2, -0.15) is 0 Å². The Kier molecular flexibility index (Phi) is 5.85. The van der Waals surface area contributed by atoms with Gasteiger partial charge in [0.2, 0.25) is 5.91 Å². The van der Waals surface area contributed by atoms with Gasteiger partial charge in [-0.05, 0) is 26.7 Å². The Morgan fingerprint density at radius 1 is 1.50 bits per heavy atom. The van der Waals surface area contributed by atoms with E-state index >= 15 is 0 Å². The summed E-state index contributed by atoms with van der Waals surface area (Å²) in [5.74, 6) is 0.00826. The van der Waals surface area contributed by atoms with Gasteiger partial charge in [0.1, 0.15) is 6.04 Å². The number of ether oxygens (including phenoxy) is 2. The first-order chi connectivity index (χ1) is 8.11. The highest BCUT2D eigenvalue weighted by Crippen LogP contribution is 2.23. The van der Waals surface area contributed by atoms with Gasteiger partial charge in [-0.25, -0.2) is 0 Å². The van der Waals surface area contributed by atoms with Crippen molar-refractivity contribution in [3.8, 4) is 0 Å². The molecule has 0 spiro atoms. The Bertz CT molecular complexity index is 282. The molecule has 2 saturated heterocycles. The molecule has 0 saturated carbocycles. The van der Waals surface area contributed by atoms with E-state index in [9.17, 15) is 4.79 Å². The molecule has 2 aliphatic heterocycles. The molecule has 106 valence electrons. The fourth-order valence-corrected chi connectivity index (χ4v) is 2.39. The third kappa shape index (κ3) is 3.82. The number of carbonyl (C=O) groups is 1. The molecule has 0 aromatic heterocycles. The van der Waals surface area contributed by atoms with Crippen molar-refractivity contribution >= 4 is 18.3 Å². The van der Waals surface area contributed by atoms with Crippen LogP contribution in [0.2, 0.25) is 0 Å². The molecule has 0 aromatic carbocycles. The largest absolute Gasteiger partial charge is 0.375 e. The summed E-state index contributed by atoms with van der Waals surface area (Å²) in [6, 6.07) is -0.242. The van der Waals surface area contributed by atoms with Crippen molar-refractivity contribution in [3.05, 3.63) is 0 Å². The maximum atomic E-state index is 12.0. The van der Waals surface area contributed by atoms with Crippen molar-refractivity contribution in [2.24, 2.45) is 0 Å². The molecule has 0 aliphatic carbocycles. The number of amides is 1. The lowest BCUT2D eigenvalue weighted by Crippen LogP contribution is -2.57. The van der Waals surface area contributed by atoms with E-state index in [-0.39, 0.29) is 36.1 Å². The maximum Gasteiger partial charge on any atom is 0.239 e. The average Bonchev–Trinajstić information content (AvgIpc) is 2.74. The predicted octanol–water partition coefficient (Wildman–Crippen LogP) is 0.470. The van der Waals surface area contributed by atoms with Crippen molar-refractivity contribution in [2.75, 3.05) is 26.3 Å². The molecule has 2 rings (SSSR count). The lowest BCUT2D eigenvalue weighted by Gasteiger charge is -2.31. The molecule has 1 amide bonds. The zero-order valence-corrected chi connectivity index (χ0v) is 11.8.